The minimum absolute atomic E-state index is 0.248. The number of hydrogen-bond donors (Lipinski definition) is 1. The highest BCUT2D eigenvalue weighted by Gasteiger charge is 2.41. The zero-order valence-corrected chi connectivity index (χ0v) is 18.8. The van der Waals surface area contributed by atoms with Gasteiger partial charge in [-0.05, 0) is 35.6 Å². The minimum Gasteiger partial charge on any atom is -0.491 e. The van der Waals surface area contributed by atoms with E-state index in [2.05, 4.69) is 5.32 Å². The third-order valence-corrected chi connectivity index (χ3v) is 5.76. The largest absolute Gasteiger partial charge is 0.491 e. The quantitative estimate of drug-likeness (QED) is 0.351. The highest BCUT2D eigenvalue weighted by molar-refractivity contribution is 6.46. The van der Waals surface area contributed by atoms with Gasteiger partial charge in [-0.1, -0.05) is 85.8 Å². The molecule has 1 aliphatic rings. The van der Waals surface area contributed by atoms with Crippen LogP contribution in [0.2, 0.25) is 0 Å². The summed E-state index contributed by atoms with van der Waals surface area (Å²) in [5.41, 5.74) is 2.47. The van der Waals surface area contributed by atoms with Gasteiger partial charge in [-0.2, -0.15) is 0 Å². The Balaban J connectivity index is 1.63. The molecule has 5 nitrogen and oxygen atoms in total. The molecule has 2 amide bonds. The first-order chi connectivity index (χ1) is 16.7. The molecule has 34 heavy (non-hydrogen) atoms. The number of fused-ring (bicyclic) bond motifs is 1. The van der Waals surface area contributed by atoms with E-state index in [1.54, 1.807) is 18.2 Å². The number of benzene rings is 4. The third kappa shape index (κ3) is 3.82. The van der Waals surface area contributed by atoms with Crippen molar-refractivity contribution >= 4 is 39.5 Å². The Bertz CT molecular complexity index is 1400. The van der Waals surface area contributed by atoms with Crippen molar-refractivity contribution in [3.63, 3.8) is 0 Å². The van der Waals surface area contributed by atoms with Crippen molar-refractivity contribution < 1.29 is 14.3 Å². The van der Waals surface area contributed by atoms with Crippen LogP contribution in [-0.4, -0.2) is 18.4 Å². The molecule has 0 spiro atoms. The molecule has 0 aliphatic carbocycles. The van der Waals surface area contributed by atoms with E-state index < -0.39 is 5.91 Å². The summed E-state index contributed by atoms with van der Waals surface area (Å²) in [4.78, 5) is 28.8. The van der Waals surface area contributed by atoms with E-state index in [4.69, 9.17) is 4.74 Å². The number of nitrogens with one attached hydrogen (secondary N) is 1. The lowest BCUT2D eigenvalue weighted by Crippen LogP contribution is -2.32. The fourth-order valence-electron chi connectivity index (χ4n) is 4.18. The Morgan fingerprint density at radius 1 is 0.765 bits per heavy atom. The molecule has 1 N–H and O–H groups in total. The van der Waals surface area contributed by atoms with Crippen molar-refractivity contribution in [3.05, 3.63) is 108 Å². The zero-order chi connectivity index (χ0) is 23.5. The first kappa shape index (κ1) is 21.5. The Kier molecular flexibility index (Phi) is 5.83. The van der Waals surface area contributed by atoms with Gasteiger partial charge in [0.15, 0.2) is 0 Å². The number of hydrogen-bond acceptors (Lipinski definition) is 4. The van der Waals surface area contributed by atoms with E-state index in [9.17, 15) is 9.59 Å². The average molecular weight is 449 g/mol. The molecule has 5 rings (SSSR count). The maximum atomic E-state index is 13.8. The number of amides is 2. The van der Waals surface area contributed by atoms with Gasteiger partial charge in [0.1, 0.15) is 11.4 Å². The Morgan fingerprint density at radius 2 is 1.47 bits per heavy atom. The SMILES string of the molecule is CCCOc1ccccc1N1C(=O)C(Nc2cccc3ccccc23)=C(c2ccccc2)C1=O. The number of nitrogens with zero attached hydrogens (tertiary/aromatic N) is 1. The molecule has 0 saturated heterocycles. The van der Waals surface area contributed by atoms with E-state index >= 15 is 0 Å². The number of rotatable bonds is 7. The molecule has 1 aliphatic heterocycles. The van der Waals surface area contributed by atoms with Crippen molar-refractivity contribution in [2.24, 2.45) is 0 Å². The summed E-state index contributed by atoms with van der Waals surface area (Å²) in [5.74, 6) is -0.291. The summed E-state index contributed by atoms with van der Waals surface area (Å²) in [6, 6.07) is 30.2. The molecular formula is C29H24N2O3. The number of carbonyl (C=O) groups excluding carboxylic acids is 2. The highest BCUT2D eigenvalue weighted by atomic mass is 16.5. The van der Waals surface area contributed by atoms with Crippen molar-refractivity contribution in [2.45, 2.75) is 13.3 Å². The second-order valence-electron chi connectivity index (χ2n) is 8.03. The van der Waals surface area contributed by atoms with Crippen LogP contribution in [0.5, 0.6) is 5.75 Å². The van der Waals surface area contributed by atoms with Crippen LogP contribution in [0.15, 0.2) is 103 Å². The fourth-order valence-corrected chi connectivity index (χ4v) is 4.18. The number of ether oxygens (including phenoxy) is 1. The summed E-state index contributed by atoms with van der Waals surface area (Å²) < 4.78 is 5.86. The molecule has 168 valence electrons. The first-order valence-electron chi connectivity index (χ1n) is 11.3. The van der Waals surface area contributed by atoms with E-state index in [1.807, 2.05) is 85.8 Å². The van der Waals surface area contributed by atoms with Crippen LogP contribution in [0.1, 0.15) is 18.9 Å². The second-order valence-corrected chi connectivity index (χ2v) is 8.03. The van der Waals surface area contributed by atoms with Crippen LogP contribution < -0.4 is 15.0 Å². The monoisotopic (exact) mass is 448 g/mol. The predicted molar refractivity (Wildman–Crippen MR) is 136 cm³/mol. The number of carbonyl (C=O) groups is 2. The molecule has 0 aromatic heterocycles. The lowest BCUT2D eigenvalue weighted by molar-refractivity contribution is -0.120. The molecule has 0 radical (unpaired) electrons. The normalized spacial score (nSPS) is 13.6. The van der Waals surface area contributed by atoms with Gasteiger partial charge in [0, 0.05) is 11.1 Å². The van der Waals surface area contributed by atoms with Gasteiger partial charge in [0.25, 0.3) is 11.8 Å². The molecule has 0 bridgehead atoms. The molecule has 0 saturated carbocycles. The summed E-state index contributed by atoms with van der Waals surface area (Å²) in [5, 5.41) is 5.31. The van der Waals surface area contributed by atoms with Crippen LogP contribution in [-0.2, 0) is 9.59 Å². The van der Waals surface area contributed by atoms with Crippen molar-refractivity contribution in [2.75, 3.05) is 16.8 Å². The van der Waals surface area contributed by atoms with Crippen LogP contribution in [0.3, 0.4) is 0 Å². The van der Waals surface area contributed by atoms with Crippen LogP contribution in [0, 0.1) is 0 Å². The van der Waals surface area contributed by atoms with Crippen LogP contribution in [0.4, 0.5) is 11.4 Å². The van der Waals surface area contributed by atoms with Gasteiger partial charge in [-0.15, -0.1) is 0 Å². The van der Waals surface area contributed by atoms with Crippen molar-refractivity contribution in [3.8, 4) is 5.75 Å². The van der Waals surface area contributed by atoms with E-state index in [0.29, 0.717) is 29.2 Å². The van der Waals surface area contributed by atoms with E-state index in [1.165, 1.54) is 4.90 Å². The molecule has 0 fully saturated rings. The third-order valence-electron chi connectivity index (χ3n) is 5.76. The molecule has 4 aromatic carbocycles. The lowest BCUT2D eigenvalue weighted by atomic mass is 10.0. The summed E-state index contributed by atoms with van der Waals surface area (Å²) >= 11 is 0. The Labute approximate surface area is 198 Å². The topological polar surface area (TPSA) is 58.6 Å². The number of imide groups is 1. The van der Waals surface area contributed by atoms with E-state index in [-0.39, 0.29) is 11.6 Å². The lowest BCUT2D eigenvalue weighted by Gasteiger charge is -2.19. The van der Waals surface area contributed by atoms with Gasteiger partial charge < -0.3 is 10.1 Å². The maximum absolute atomic E-state index is 13.8. The fraction of sp³-hybridized carbons (Fsp3) is 0.103. The van der Waals surface area contributed by atoms with Crippen molar-refractivity contribution in [1.29, 1.82) is 0 Å². The Hall–Kier alpha value is -4.38. The van der Waals surface area contributed by atoms with Gasteiger partial charge in [0.2, 0.25) is 0 Å². The molecule has 1 heterocycles. The summed E-state index contributed by atoms with van der Waals surface area (Å²) in [6.07, 6.45) is 0.817. The summed E-state index contributed by atoms with van der Waals surface area (Å²) in [6.45, 7) is 2.50. The molecule has 0 atom stereocenters. The van der Waals surface area contributed by atoms with Crippen LogP contribution >= 0.6 is 0 Å². The molecule has 5 heteroatoms. The number of anilines is 2. The molecule has 0 unspecified atom stereocenters. The van der Waals surface area contributed by atoms with Gasteiger partial charge in [-0.25, -0.2) is 4.90 Å². The molecule has 4 aromatic rings. The number of para-hydroxylation sites is 2. The summed E-state index contributed by atoms with van der Waals surface area (Å²) in [7, 11) is 0. The smallest absolute Gasteiger partial charge is 0.282 e. The van der Waals surface area contributed by atoms with Gasteiger partial charge in [0.05, 0.1) is 17.9 Å². The average Bonchev–Trinajstić information content (AvgIpc) is 3.12. The zero-order valence-electron chi connectivity index (χ0n) is 18.8. The predicted octanol–water partition coefficient (Wildman–Crippen LogP) is 6.03. The van der Waals surface area contributed by atoms with Gasteiger partial charge >= 0.3 is 0 Å². The standard InChI is InChI=1S/C29H24N2O3/c1-2-19-34-25-18-9-8-17-24(25)31-28(32)26(21-12-4-3-5-13-21)27(29(31)33)30-23-16-10-14-20-11-6-7-15-22(20)23/h3-18,30H,2,19H2,1H3. The minimum atomic E-state index is -0.413. The molecular weight excluding hydrogens is 424 g/mol. The van der Waals surface area contributed by atoms with Gasteiger partial charge in [-0.3, -0.25) is 9.59 Å². The van der Waals surface area contributed by atoms with E-state index in [0.717, 1.165) is 22.9 Å². The Morgan fingerprint density at radius 3 is 2.29 bits per heavy atom. The highest BCUT2D eigenvalue weighted by Crippen LogP contribution is 2.38. The van der Waals surface area contributed by atoms with Crippen molar-refractivity contribution in [1.82, 2.24) is 0 Å². The first-order valence-corrected chi connectivity index (χ1v) is 11.3. The second kappa shape index (κ2) is 9.24. The maximum Gasteiger partial charge on any atom is 0.282 e. The van der Waals surface area contributed by atoms with Crippen LogP contribution in [0.25, 0.3) is 16.3 Å².